The van der Waals surface area contributed by atoms with Crippen molar-refractivity contribution in [3.63, 3.8) is 0 Å². The first-order valence-electron chi connectivity index (χ1n) is 11.2. The van der Waals surface area contributed by atoms with E-state index in [1.165, 1.54) is 0 Å². The molecule has 0 atom stereocenters. The summed E-state index contributed by atoms with van der Waals surface area (Å²) < 4.78 is 26.0. The number of carbonyl (C=O) groups excluding carboxylic acids is 1. The van der Waals surface area contributed by atoms with Crippen molar-refractivity contribution in [2.24, 2.45) is 0 Å². The molecule has 0 spiro atoms. The number of amides is 1. The normalized spacial score (nSPS) is 13.8. The number of likely N-dealkylation sites (N-methyl/N-ethyl adjacent to an activating group) is 1. The van der Waals surface area contributed by atoms with E-state index in [0.717, 1.165) is 34.2 Å². The fourth-order valence-electron chi connectivity index (χ4n) is 4.18. The van der Waals surface area contributed by atoms with Gasteiger partial charge in [0, 0.05) is 67.9 Å². The zero-order chi connectivity index (χ0) is 25.4. The van der Waals surface area contributed by atoms with Crippen molar-refractivity contribution in [1.82, 2.24) is 34.4 Å². The molecule has 0 saturated heterocycles. The summed E-state index contributed by atoms with van der Waals surface area (Å²) in [6.45, 7) is 2.88. The lowest BCUT2D eigenvalue weighted by molar-refractivity contribution is -0.130. The standard InChI is InChI=1S/C23H25N9O3S/c1-13-15(9-27-36(34)35)8-25-10-17(13)19-5-14-6-20(26-11-18(14)23(24)28-19)29-21-7-16-3-4-31(2)22(33)12-32(16)30-21/h5-8,10-11,36H,3-4,9,12H2,1-2H3,(H2,24,28)(H,26,29,30)(H,27,34,35). The fourth-order valence-corrected chi connectivity index (χ4v) is 4.48. The molecule has 5 rings (SSSR count). The highest BCUT2D eigenvalue weighted by molar-refractivity contribution is 7.70. The van der Waals surface area contributed by atoms with Crippen LogP contribution in [0.1, 0.15) is 16.8 Å². The minimum Gasteiger partial charge on any atom is -0.383 e. The Morgan fingerprint density at radius 2 is 1.97 bits per heavy atom. The molecule has 0 aromatic carbocycles. The van der Waals surface area contributed by atoms with Crippen LogP contribution in [0.15, 0.2) is 36.8 Å². The van der Waals surface area contributed by atoms with E-state index >= 15 is 0 Å². The van der Waals surface area contributed by atoms with Crippen molar-refractivity contribution in [2.45, 2.75) is 26.4 Å². The Kier molecular flexibility index (Phi) is 6.24. The zero-order valence-electron chi connectivity index (χ0n) is 19.7. The smallest absolute Gasteiger partial charge is 0.244 e. The molecule has 0 bridgehead atoms. The van der Waals surface area contributed by atoms with Gasteiger partial charge in [-0.3, -0.25) is 14.5 Å². The number of fused-ring (bicyclic) bond motifs is 2. The van der Waals surface area contributed by atoms with Gasteiger partial charge < -0.3 is 16.0 Å². The van der Waals surface area contributed by atoms with Crippen molar-refractivity contribution < 1.29 is 13.2 Å². The highest BCUT2D eigenvalue weighted by atomic mass is 32.2. The average Bonchev–Trinajstić information content (AvgIpc) is 3.16. The van der Waals surface area contributed by atoms with Gasteiger partial charge in [-0.05, 0) is 35.6 Å². The summed E-state index contributed by atoms with van der Waals surface area (Å²) in [5, 5.41) is 9.26. The topological polar surface area (TPSA) is 161 Å². The second-order valence-corrected chi connectivity index (χ2v) is 9.45. The Morgan fingerprint density at radius 1 is 1.14 bits per heavy atom. The molecular weight excluding hydrogens is 482 g/mol. The molecular formula is C23H25N9O3S. The van der Waals surface area contributed by atoms with E-state index in [1.807, 2.05) is 25.1 Å². The first-order chi connectivity index (χ1) is 17.3. The molecule has 13 heteroatoms. The monoisotopic (exact) mass is 507 g/mol. The third-order valence-electron chi connectivity index (χ3n) is 6.27. The zero-order valence-corrected chi connectivity index (χ0v) is 20.6. The van der Waals surface area contributed by atoms with Crippen LogP contribution in [-0.2, 0) is 35.2 Å². The van der Waals surface area contributed by atoms with Gasteiger partial charge in [0.25, 0.3) is 0 Å². The van der Waals surface area contributed by atoms with Gasteiger partial charge in [-0.25, -0.2) is 23.1 Å². The van der Waals surface area contributed by atoms with Crippen LogP contribution in [0.4, 0.5) is 17.5 Å². The SMILES string of the molecule is Cc1c(CN[SH](=O)=O)cncc1-c1cc2cc(Nc3cc4n(n3)CC(=O)N(C)CC4)ncc2c(N)n1. The molecule has 4 N–H and O–H groups in total. The van der Waals surface area contributed by atoms with Gasteiger partial charge in [0.15, 0.2) is 5.82 Å². The highest BCUT2D eigenvalue weighted by Gasteiger charge is 2.19. The Hall–Kier alpha value is -4.10. The number of carbonyl (C=O) groups is 1. The summed E-state index contributed by atoms with van der Waals surface area (Å²) in [5.74, 6) is 1.52. The molecule has 1 aliphatic heterocycles. The van der Waals surface area contributed by atoms with Crippen LogP contribution in [0.5, 0.6) is 0 Å². The molecule has 4 aromatic heterocycles. The van der Waals surface area contributed by atoms with Crippen LogP contribution in [0.25, 0.3) is 22.0 Å². The first-order valence-corrected chi connectivity index (χ1v) is 12.4. The van der Waals surface area contributed by atoms with Gasteiger partial charge in [-0.1, -0.05) is 0 Å². The van der Waals surface area contributed by atoms with Crippen LogP contribution in [0.2, 0.25) is 0 Å². The fraction of sp³-hybridized carbons (Fsp3) is 0.261. The molecule has 36 heavy (non-hydrogen) atoms. The summed E-state index contributed by atoms with van der Waals surface area (Å²) in [5.41, 5.74) is 10.2. The maximum atomic E-state index is 12.2. The summed E-state index contributed by atoms with van der Waals surface area (Å²) in [7, 11) is -0.919. The van der Waals surface area contributed by atoms with Gasteiger partial charge in [0.1, 0.15) is 18.2 Å². The average molecular weight is 508 g/mol. The molecule has 0 unspecified atom stereocenters. The van der Waals surface area contributed by atoms with Gasteiger partial charge in [-0.15, -0.1) is 0 Å². The maximum absolute atomic E-state index is 12.2. The summed E-state index contributed by atoms with van der Waals surface area (Å²) >= 11 is 0. The van der Waals surface area contributed by atoms with E-state index in [4.69, 9.17) is 5.73 Å². The second-order valence-electron chi connectivity index (χ2n) is 8.62. The van der Waals surface area contributed by atoms with Crippen LogP contribution in [0, 0.1) is 6.92 Å². The molecule has 12 nitrogen and oxygen atoms in total. The number of anilines is 3. The molecule has 1 aliphatic rings. The number of hydrogen-bond donors (Lipinski definition) is 4. The summed E-state index contributed by atoms with van der Waals surface area (Å²) in [6, 6.07) is 5.68. The Balaban J connectivity index is 1.46. The summed E-state index contributed by atoms with van der Waals surface area (Å²) in [4.78, 5) is 27.1. The Bertz CT molecular complexity index is 1560. The van der Waals surface area contributed by atoms with Gasteiger partial charge in [0.05, 0.1) is 5.69 Å². The number of rotatable bonds is 6. The van der Waals surface area contributed by atoms with Crippen molar-refractivity contribution in [1.29, 1.82) is 0 Å². The van der Waals surface area contributed by atoms with Crippen molar-refractivity contribution in [2.75, 3.05) is 24.6 Å². The number of nitrogens with two attached hydrogens (primary N) is 1. The predicted octanol–water partition coefficient (Wildman–Crippen LogP) is 1.15. The van der Waals surface area contributed by atoms with E-state index in [-0.39, 0.29) is 19.0 Å². The number of nitrogens with zero attached hydrogens (tertiary/aromatic N) is 6. The highest BCUT2D eigenvalue weighted by Crippen LogP contribution is 2.30. The Labute approximate surface area is 208 Å². The molecule has 0 fully saturated rings. The lowest BCUT2D eigenvalue weighted by atomic mass is 10.0. The van der Waals surface area contributed by atoms with E-state index in [9.17, 15) is 13.2 Å². The van der Waals surface area contributed by atoms with Gasteiger partial charge in [0.2, 0.25) is 16.8 Å². The summed E-state index contributed by atoms with van der Waals surface area (Å²) in [6.07, 6.45) is 5.68. The minimum absolute atomic E-state index is 0.0224. The minimum atomic E-state index is -2.71. The molecule has 0 saturated carbocycles. The van der Waals surface area contributed by atoms with Crippen LogP contribution in [-0.4, -0.2) is 57.5 Å². The number of thiol groups is 1. The maximum Gasteiger partial charge on any atom is 0.244 e. The third kappa shape index (κ3) is 4.70. The van der Waals surface area contributed by atoms with E-state index < -0.39 is 10.9 Å². The van der Waals surface area contributed by atoms with Gasteiger partial charge in [-0.2, -0.15) is 5.10 Å². The van der Waals surface area contributed by atoms with Crippen LogP contribution < -0.4 is 15.8 Å². The largest absolute Gasteiger partial charge is 0.383 e. The Morgan fingerprint density at radius 3 is 2.78 bits per heavy atom. The molecule has 1 amide bonds. The number of nitrogens with one attached hydrogen (secondary N) is 2. The van der Waals surface area contributed by atoms with Crippen molar-refractivity contribution in [3.05, 3.63) is 53.6 Å². The third-order valence-corrected chi connectivity index (χ3v) is 6.69. The number of nitrogen functional groups attached to an aromatic ring is 1. The molecule has 186 valence electrons. The van der Waals surface area contributed by atoms with E-state index in [0.29, 0.717) is 35.1 Å². The molecule has 4 aromatic rings. The first kappa shape index (κ1) is 23.6. The van der Waals surface area contributed by atoms with Gasteiger partial charge >= 0.3 is 0 Å². The quantitative estimate of drug-likeness (QED) is 0.281. The van der Waals surface area contributed by atoms with E-state index in [2.05, 4.69) is 30.1 Å². The lowest BCUT2D eigenvalue weighted by Crippen LogP contribution is -2.29. The van der Waals surface area contributed by atoms with Crippen molar-refractivity contribution in [3.8, 4) is 11.3 Å². The molecule has 0 aliphatic carbocycles. The van der Waals surface area contributed by atoms with E-state index in [1.54, 1.807) is 35.2 Å². The number of aromatic nitrogens is 5. The predicted molar refractivity (Wildman–Crippen MR) is 136 cm³/mol. The van der Waals surface area contributed by atoms with Crippen LogP contribution >= 0.6 is 0 Å². The number of pyridine rings is 3. The molecule has 0 radical (unpaired) electrons. The van der Waals surface area contributed by atoms with Crippen LogP contribution in [0.3, 0.4) is 0 Å². The lowest BCUT2D eigenvalue weighted by Gasteiger charge is -2.12. The molecule has 5 heterocycles. The second kappa shape index (κ2) is 9.51. The van der Waals surface area contributed by atoms with Crippen molar-refractivity contribution >= 4 is 45.0 Å². The number of hydrogen-bond acceptors (Lipinski definition) is 9.